The number of nitrogens with zero attached hydrogens (tertiary/aromatic N) is 1. The third kappa shape index (κ3) is 4.93. The Kier molecular flexibility index (Phi) is 6.17. The first-order valence-electron chi connectivity index (χ1n) is 10.5. The summed E-state index contributed by atoms with van der Waals surface area (Å²) in [6.07, 6.45) is -2.98. The van der Waals surface area contributed by atoms with Crippen LogP contribution in [0.4, 0.5) is 18.9 Å². The van der Waals surface area contributed by atoms with Gasteiger partial charge in [0.1, 0.15) is 0 Å². The number of likely N-dealkylation sites (tertiary alicyclic amines) is 1. The van der Waals surface area contributed by atoms with E-state index in [1.54, 1.807) is 4.90 Å². The largest absolute Gasteiger partial charge is 0.416 e. The average Bonchev–Trinajstić information content (AvgIpc) is 2.79. The molecule has 7 heteroatoms. The molecule has 2 amide bonds. The third-order valence-corrected chi connectivity index (χ3v) is 5.82. The summed E-state index contributed by atoms with van der Waals surface area (Å²) in [5.41, 5.74) is 0.221. The van der Waals surface area contributed by atoms with Crippen LogP contribution in [-0.4, -0.2) is 29.8 Å². The van der Waals surface area contributed by atoms with Gasteiger partial charge < -0.3 is 10.2 Å². The van der Waals surface area contributed by atoms with Gasteiger partial charge in [0, 0.05) is 18.8 Å². The van der Waals surface area contributed by atoms with Crippen molar-refractivity contribution in [2.24, 2.45) is 5.92 Å². The first-order chi connectivity index (χ1) is 15.3. The van der Waals surface area contributed by atoms with Gasteiger partial charge >= 0.3 is 6.18 Å². The van der Waals surface area contributed by atoms with E-state index < -0.39 is 17.7 Å². The SMILES string of the molecule is O=C(Nc1cccc(C(F)(F)F)c1)[C@H]1CCCN(C(=O)Cc2cccc3ccccc23)C1. The molecule has 166 valence electrons. The summed E-state index contributed by atoms with van der Waals surface area (Å²) in [5.74, 6) is -0.889. The Morgan fingerprint density at radius 2 is 1.75 bits per heavy atom. The summed E-state index contributed by atoms with van der Waals surface area (Å²) < 4.78 is 38.8. The lowest BCUT2D eigenvalue weighted by Gasteiger charge is -2.32. The van der Waals surface area contributed by atoms with Gasteiger partial charge in [-0.3, -0.25) is 9.59 Å². The van der Waals surface area contributed by atoms with Crippen molar-refractivity contribution in [3.05, 3.63) is 77.9 Å². The molecule has 0 aromatic heterocycles. The molecule has 1 N–H and O–H groups in total. The second kappa shape index (κ2) is 9.02. The molecule has 3 aromatic carbocycles. The Morgan fingerprint density at radius 3 is 2.56 bits per heavy atom. The maximum Gasteiger partial charge on any atom is 0.416 e. The highest BCUT2D eigenvalue weighted by atomic mass is 19.4. The van der Waals surface area contributed by atoms with E-state index in [4.69, 9.17) is 0 Å². The Balaban J connectivity index is 1.41. The second-order valence-corrected chi connectivity index (χ2v) is 8.06. The van der Waals surface area contributed by atoms with Crippen molar-refractivity contribution < 1.29 is 22.8 Å². The fourth-order valence-electron chi connectivity index (χ4n) is 4.16. The highest BCUT2D eigenvalue weighted by Gasteiger charge is 2.31. The number of rotatable bonds is 4. The lowest BCUT2D eigenvalue weighted by Crippen LogP contribution is -2.44. The second-order valence-electron chi connectivity index (χ2n) is 8.06. The Bertz CT molecular complexity index is 1140. The monoisotopic (exact) mass is 440 g/mol. The van der Waals surface area contributed by atoms with Crippen molar-refractivity contribution in [3.8, 4) is 0 Å². The number of nitrogens with one attached hydrogen (secondary N) is 1. The van der Waals surface area contributed by atoms with Crippen molar-refractivity contribution in [1.82, 2.24) is 4.90 Å². The van der Waals surface area contributed by atoms with Crippen LogP contribution < -0.4 is 5.32 Å². The molecule has 0 bridgehead atoms. The lowest BCUT2D eigenvalue weighted by atomic mass is 9.95. The minimum Gasteiger partial charge on any atom is -0.342 e. The number of amides is 2. The summed E-state index contributed by atoms with van der Waals surface area (Å²) >= 11 is 0. The number of hydrogen-bond donors (Lipinski definition) is 1. The number of carbonyl (C=O) groups excluding carboxylic acids is 2. The van der Waals surface area contributed by atoms with E-state index in [-0.39, 0.29) is 30.5 Å². The Labute approximate surface area is 184 Å². The van der Waals surface area contributed by atoms with Crippen LogP contribution in [0.25, 0.3) is 10.8 Å². The van der Waals surface area contributed by atoms with Crippen LogP contribution in [0.1, 0.15) is 24.0 Å². The molecular formula is C25H23F3N2O2. The lowest BCUT2D eigenvalue weighted by molar-refractivity contribution is -0.138. The maximum absolute atomic E-state index is 13.0. The van der Waals surface area contributed by atoms with Gasteiger partial charge in [0.05, 0.1) is 17.9 Å². The molecule has 3 aromatic rings. The van der Waals surface area contributed by atoms with Gasteiger partial charge in [-0.25, -0.2) is 0 Å². The molecule has 0 saturated carbocycles. The Morgan fingerprint density at radius 1 is 1.00 bits per heavy atom. The van der Waals surface area contributed by atoms with Crippen molar-refractivity contribution in [3.63, 3.8) is 0 Å². The highest BCUT2D eigenvalue weighted by Crippen LogP contribution is 2.31. The van der Waals surface area contributed by atoms with E-state index in [0.29, 0.717) is 19.4 Å². The van der Waals surface area contributed by atoms with Crippen LogP contribution in [-0.2, 0) is 22.2 Å². The van der Waals surface area contributed by atoms with E-state index in [1.807, 2.05) is 42.5 Å². The van der Waals surface area contributed by atoms with Crippen molar-refractivity contribution in [2.45, 2.75) is 25.4 Å². The molecular weight excluding hydrogens is 417 g/mol. The van der Waals surface area contributed by atoms with Crippen molar-refractivity contribution in [2.75, 3.05) is 18.4 Å². The topological polar surface area (TPSA) is 49.4 Å². The predicted molar refractivity (Wildman–Crippen MR) is 117 cm³/mol. The number of fused-ring (bicyclic) bond motifs is 1. The first kappa shape index (κ1) is 21.9. The van der Waals surface area contributed by atoms with Crippen molar-refractivity contribution in [1.29, 1.82) is 0 Å². The molecule has 1 aliphatic rings. The number of hydrogen-bond acceptors (Lipinski definition) is 2. The zero-order valence-electron chi connectivity index (χ0n) is 17.4. The van der Waals surface area contributed by atoms with Gasteiger partial charge in [-0.05, 0) is 47.4 Å². The molecule has 1 aliphatic heterocycles. The standard InChI is InChI=1S/C25H23F3N2O2/c26-25(27,28)20-10-4-11-21(15-20)29-24(32)19-9-5-13-30(16-19)23(31)14-18-8-3-7-17-6-1-2-12-22(17)18/h1-4,6-8,10-12,15,19H,5,9,13-14,16H2,(H,29,32)/t19-/m0/s1. The molecule has 0 unspecified atom stereocenters. The quantitative estimate of drug-likeness (QED) is 0.600. The molecule has 1 heterocycles. The fraction of sp³-hybridized carbons (Fsp3) is 0.280. The first-order valence-corrected chi connectivity index (χ1v) is 10.5. The zero-order chi connectivity index (χ0) is 22.7. The Hall–Kier alpha value is -3.35. The molecule has 0 spiro atoms. The van der Waals surface area contributed by atoms with E-state index in [1.165, 1.54) is 12.1 Å². The van der Waals surface area contributed by atoms with E-state index >= 15 is 0 Å². The van der Waals surface area contributed by atoms with Crippen LogP contribution >= 0.6 is 0 Å². The maximum atomic E-state index is 13.0. The minimum absolute atomic E-state index is 0.0575. The normalized spacial score (nSPS) is 16.7. The molecule has 4 nitrogen and oxygen atoms in total. The van der Waals surface area contributed by atoms with Crippen LogP contribution in [0.2, 0.25) is 0 Å². The third-order valence-electron chi connectivity index (χ3n) is 5.82. The van der Waals surface area contributed by atoms with Crippen LogP contribution in [0.3, 0.4) is 0 Å². The van der Waals surface area contributed by atoms with Gasteiger partial charge in [0.15, 0.2) is 0 Å². The zero-order valence-corrected chi connectivity index (χ0v) is 17.4. The summed E-state index contributed by atoms with van der Waals surface area (Å²) in [4.78, 5) is 27.3. The van der Waals surface area contributed by atoms with Crippen LogP contribution in [0, 0.1) is 5.92 Å². The minimum atomic E-state index is -4.48. The number of anilines is 1. The molecule has 4 rings (SSSR count). The molecule has 1 atom stereocenters. The summed E-state index contributed by atoms with van der Waals surface area (Å²) in [5, 5.41) is 4.67. The molecule has 32 heavy (non-hydrogen) atoms. The molecule has 1 fully saturated rings. The number of piperidine rings is 1. The fourth-order valence-corrected chi connectivity index (χ4v) is 4.16. The number of benzene rings is 3. The van der Waals surface area contributed by atoms with Crippen molar-refractivity contribution >= 4 is 28.3 Å². The summed E-state index contributed by atoms with van der Waals surface area (Å²) in [6, 6.07) is 18.3. The summed E-state index contributed by atoms with van der Waals surface area (Å²) in [6.45, 7) is 0.825. The molecule has 0 radical (unpaired) electrons. The molecule has 1 saturated heterocycles. The number of halogens is 3. The van der Waals surface area contributed by atoms with E-state index in [9.17, 15) is 22.8 Å². The predicted octanol–water partition coefficient (Wildman–Crippen LogP) is 5.28. The average molecular weight is 440 g/mol. The van der Waals surface area contributed by atoms with Crippen LogP contribution in [0.15, 0.2) is 66.7 Å². The summed E-state index contributed by atoms with van der Waals surface area (Å²) in [7, 11) is 0. The van der Waals surface area contributed by atoms with Gasteiger partial charge in [0.25, 0.3) is 0 Å². The van der Waals surface area contributed by atoms with Gasteiger partial charge in [0.2, 0.25) is 11.8 Å². The van der Waals surface area contributed by atoms with Gasteiger partial charge in [-0.2, -0.15) is 13.2 Å². The number of carbonyl (C=O) groups is 2. The van der Waals surface area contributed by atoms with E-state index in [0.717, 1.165) is 28.5 Å². The highest BCUT2D eigenvalue weighted by molar-refractivity contribution is 5.94. The van der Waals surface area contributed by atoms with E-state index in [2.05, 4.69) is 5.32 Å². The van der Waals surface area contributed by atoms with Crippen LogP contribution in [0.5, 0.6) is 0 Å². The number of alkyl halides is 3. The van der Waals surface area contributed by atoms with Gasteiger partial charge in [-0.15, -0.1) is 0 Å². The van der Waals surface area contributed by atoms with Gasteiger partial charge in [-0.1, -0.05) is 48.5 Å². The molecule has 0 aliphatic carbocycles. The smallest absolute Gasteiger partial charge is 0.342 e.